The molecular weight excluding hydrogens is 562 g/mol. The lowest BCUT2D eigenvalue weighted by atomic mass is 10.1. The van der Waals surface area contributed by atoms with Crippen LogP contribution in [0.1, 0.15) is 25.1 Å². The monoisotopic (exact) mass is 594 g/mol. The molecule has 2 saturated heterocycles. The summed E-state index contributed by atoms with van der Waals surface area (Å²) in [6, 6.07) is 0. The fraction of sp³-hybridized carbons (Fsp3) is 0.714. The first-order chi connectivity index (χ1) is 18.1. The van der Waals surface area contributed by atoms with Crippen LogP contribution in [0.2, 0.25) is 0 Å². The number of aromatic nitrogens is 3. The third kappa shape index (κ3) is 5.57. The second-order valence-corrected chi connectivity index (χ2v) is 13.5. The topological polar surface area (TPSA) is 184 Å². The molecule has 2 fully saturated rings. The number of hydrogen-bond acceptors (Lipinski definition) is 13. The molecule has 0 aromatic carbocycles. The minimum absolute atomic E-state index is 0.318. The smallest absolute Gasteiger partial charge is 0.328 e. The molecule has 2 aromatic rings. The van der Waals surface area contributed by atoms with Gasteiger partial charge in [-0.15, -0.1) is 0 Å². The summed E-state index contributed by atoms with van der Waals surface area (Å²) in [5.74, 6) is 0.701. The average molecular weight is 595 g/mol. The van der Waals surface area contributed by atoms with E-state index < -0.39 is 70.4 Å². The summed E-state index contributed by atoms with van der Waals surface area (Å²) in [6.45, 7) is 2.81. The van der Waals surface area contributed by atoms with Crippen molar-refractivity contribution in [2.45, 2.75) is 68.7 Å². The van der Waals surface area contributed by atoms with E-state index in [4.69, 9.17) is 23.0 Å². The predicted molar refractivity (Wildman–Crippen MR) is 139 cm³/mol. The highest BCUT2D eigenvalue weighted by atomic mass is 32.7. The minimum Gasteiger partial charge on any atom is -0.394 e. The zero-order chi connectivity index (χ0) is 27.2. The molecule has 2 unspecified atom stereocenters. The van der Waals surface area contributed by atoms with Gasteiger partial charge in [0, 0.05) is 19.4 Å². The number of rotatable bonds is 9. The first-order valence-electron chi connectivity index (χ1n) is 12.3. The van der Waals surface area contributed by atoms with Crippen molar-refractivity contribution >= 4 is 43.9 Å². The number of anilines is 1. The van der Waals surface area contributed by atoms with Gasteiger partial charge in [0.05, 0.1) is 24.7 Å². The van der Waals surface area contributed by atoms with Crippen molar-refractivity contribution in [1.29, 1.82) is 0 Å². The Bertz CT molecular complexity index is 1240. The van der Waals surface area contributed by atoms with Crippen LogP contribution < -0.4 is 5.32 Å². The van der Waals surface area contributed by atoms with Gasteiger partial charge in [-0.05, 0) is 25.3 Å². The van der Waals surface area contributed by atoms with Gasteiger partial charge in [0.2, 0.25) is 7.23 Å². The lowest BCUT2D eigenvalue weighted by molar-refractivity contribution is -0.0508. The third-order valence-electron chi connectivity index (χ3n) is 6.96. The number of ether oxygens (including phenoxy) is 2. The van der Waals surface area contributed by atoms with Gasteiger partial charge in [-0.3, -0.25) is 13.7 Å². The first-order valence-corrected chi connectivity index (χ1v) is 16.9. The number of hydrogen-bond donors (Lipinski definition) is 5. The molecule has 10 atom stereocenters. The van der Waals surface area contributed by atoms with Crippen molar-refractivity contribution in [3.05, 3.63) is 18.1 Å². The minimum atomic E-state index is -3.84. The Balaban J connectivity index is 1.29. The molecule has 0 bridgehead atoms. The van der Waals surface area contributed by atoms with Crippen LogP contribution in [0, 0.1) is 0 Å². The third-order valence-corrected chi connectivity index (χ3v) is 8.99. The molecule has 5 heterocycles. The van der Waals surface area contributed by atoms with E-state index in [0.717, 1.165) is 30.3 Å². The van der Waals surface area contributed by atoms with Gasteiger partial charge in [-0.2, -0.15) is 0 Å². The maximum Gasteiger partial charge on any atom is 0.328 e. The second kappa shape index (κ2) is 11.4. The van der Waals surface area contributed by atoms with E-state index in [0.29, 0.717) is 11.5 Å². The summed E-state index contributed by atoms with van der Waals surface area (Å²) in [5.41, 5.74) is 1.55. The largest absolute Gasteiger partial charge is 0.394 e. The van der Waals surface area contributed by atoms with Crippen molar-refractivity contribution in [3.63, 3.8) is 0 Å². The van der Waals surface area contributed by atoms with Crippen LogP contribution in [-0.2, 0) is 38.6 Å². The fourth-order valence-electron chi connectivity index (χ4n) is 5.19. The molecule has 0 aliphatic carbocycles. The van der Waals surface area contributed by atoms with Gasteiger partial charge in [-0.1, -0.05) is 12.2 Å². The summed E-state index contributed by atoms with van der Waals surface area (Å²) in [5, 5.41) is 35.7. The summed E-state index contributed by atoms with van der Waals surface area (Å²) in [4.78, 5) is 8.72. The van der Waals surface area contributed by atoms with Crippen LogP contribution in [-0.4, -0.2) is 99.0 Å². The zero-order valence-electron chi connectivity index (χ0n) is 20.7. The Morgan fingerprint density at radius 1 is 1.26 bits per heavy atom. The quantitative estimate of drug-likeness (QED) is 0.206. The number of nitrogens with zero attached hydrogens (tertiary/aromatic N) is 3. The van der Waals surface area contributed by atoms with Crippen LogP contribution in [0.3, 0.4) is 0 Å². The summed E-state index contributed by atoms with van der Waals surface area (Å²) < 4.78 is 54.1. The lowest BCUT2D eigenvalue weighted by Gasteiger charge is -2.25. The average Bonchev–Trinajstić information content (AvgIpc) is 3.40. The van der Waals surface area contributed by atoms with Crippen LogP contribution in [0.15, 0.2) is 12.5 Å². The molecule has 2 aromatic heterocycles. The molecule has 0 radical (unpaired) electrons. The SMILES string of the molecule is C[C@@H]1O[C@H](COP(C)(=O)O[C@H]2[C@@H](O)[C@H](n3cc4c5c(ncnc53)NCCC4)O[C@@H]2CO)[C@@H](O)[C@H]1O[PH](=O)S. The van der Waals surface area contributed by atoms with Gasteiger partial charge in [0.25, 0.3) is 0 Å². The van der Waals surface area contributed by atoms with Crippen LogP contribution in [0.4, 0.5) is 5.82 Å². The molecule has 38 heavy (non-hydrogen) atoms. The van der Waals surface area contributed by atoms with E-state index in [1.165, 1.54) is 13.0 Å². The van der Waals surface area contributed by atoms with Gasteiger partial charge < -0.3 is 43.7 Å². The van der Waals surface area contributed by atoms with Gasteiger partial charge in [0.15, 0.2) is 6.23 Å². The normalized spacial score (nSPS) is 35.6. The maximum absolute atomic E-state index is 13.2. The van der Waals surface area contributed by atoms with E-state index in [-0.39, 0.29) is 6.61 Å². The van der Waals surface area contributed by atoms with Gasteiger partial charge in [-0.25, -0.2) is 9.97 Å². The number of aliphatic hydroxyl groups excluding tert-OH is 3. The molecule has 5 rings (SSSR count). The summed E-state index contributed by atoms with van der Waals surface area (Å²) in [6.07, 6.45) is -3.11. The molecular formula is C21H32N4O10P2S. The lowest BCUT2D eigenvalue weighted by Crippen LogP contribution is -2.36. The standard InChI is InChI=1S/C21H32N4O10P2S/c1-10-17(34-36(29)38)15(27)13(32-10)8-31-37(2,30)35-18-12(7-26)33-21(16(18)28)25-6-11-4-3-5-22-19-14(11)20(25)24-9-23-19/h6,9-10,12-13,15-18,21,26-28,36H,3-5,7-8H2,1-2H3,(H,29,38)(H,22,23,24)/t10-,12+,13+,15+,16+,17-,18+,21+,37?/m0/s1. The number of thiol groups is 1. The van der Waals surface area contributed by atoms with Crippen molar-refractivity contribution in [1.82, 2.24) is 14.5 Å². The molecule has 0 spiro atoms. The Labute approximate surface area is 224 Å². The highest BCUT2D eigenvalue weighted by Gasteiger charge is 2.49. The van der Waals surface area contributed by atoms with Crippen molar-refractivity contribution in [2.24, 2.45) is 0 Å². The summed E-state index contributed by atoms with van der Waals surface area (Å²) in [7, 11) is -6.46. The molecule has 3 aliphatic rings. The van der Waals surface area contributed by atoms with Crippen molar-refractivity contribution < 1.29 is 47.5 Å². The van der Waals surface area contributed by atoms with Gasteiger partial charge >= 0.3 is 7.60 Å². The van der Waals surface area contributed by atoms with E-state index in [1.54, 1.807) is 11.5 Å². The Kier molecular flexibility index (Phi) is 8.55. The molecule has 14 nitrogen and oxygen atoms in total. The molecule has 4 N–H and O–H groups in total. The predicted octanol–water partition coefficient (Wildman–Crippen LogP) is 1.12. The Morgan fingerprint density at radius 3 is 2.79 bits per heavy atom. The Hall–Kier alpha value is -1.09. The maximum atomic E-state index is 13.2. The van der Waals surface area contributed by atoms with Crippen LogP contribution in [0.25, 0.3) is 11.0 Å². The highest BCUT2D eigenvalue weighted by molar-refractivity contribution is 8.39. The zero-order valence-corrected chi connectivity index (χ0v) is 23.5. The van der Waals surface area contributed by atoms with Crippen LogP contribution >= 0.6 is 27.1 Å². The highest BCUT2D eigenvalue weighted by Crippen LogP contribution is 2.50. The molecule has 212 valence electrons. The second-order valence-electron chi connectivity index (χ2n) is 9.61. The van der Waals surface area contributed by atoms with Crippen LogP contribution in [0.5, 0.6) is 0 Å². The van der Waals surface area contributed by atoms with E-state index in [9.17, 15) is 24.4 Å². The fourth-order valence-corrected chi connectivity index (χ4v) is 7.30. The Morgan fingerprint density at radius 2 is 2.05 bits per heavy atom. The van der Waals surface area contributed by atoms with E-state index >= 15 is 0 Å². The number of nitrogens with one attached hydrogen (secondary N) is 1. The molecule has 0 saturated carbocycles. The number of aryl methyl sites for hydroxylation is 1. The van der Waals surface area contributed by atoms with Crippen molar-refractivity contribution in [3.8, 4) is 0 Å². The number of aliphatic hydroxyl groups is 3. The molecule has 3 aliphatic heterocycles. The van der Waals surface area contributed by atoms with Gasteiger partial charge in [0.1, 0.15) is 54.4 Å². The van der Waals surface area contributed by atoms with E-state index in [1.807, 2.05) is 6.20 Å². The van der Waals surface area contributed by atoms with Crippen molar-refractivity contribution in [2.75, 3.05) is 31.7 Å². The molecule has 0 amide bonds. The molecule has 17 heteroatoms. The van der Waals surface area contributed by atoms with E-state index in [2.05, 4.69) is 27.5 Å². The first kappa shape index (κ1) is 28.4. The summed E-state index contributed by atoms with van der Waals surface area (Å²) >= 11 is 3.74.